The summed E-state index contributed by atoms with van der Waals surface area (Å²) in [7, 11) is -3.60. The highest BCUT2D eigenvalue weighted by Gasteiger charge is 2.25. The van der Waals surface area contributed by atoms with Gasteiger partial charge in [-0.2, -0.15) is 4.31 Å². The van der Waals surface area contributed by atoms with Gasteiger partial charge in [0, 0.05) is 18.7 Å². The largest absolute Gasteiger partial charge is 0.494 e. The van der Waals surface area contributed by atoms with Crippen molar-refractivity contribution in [3.63, 3.8) is 0 Å². The summed E-state index contributed by atoms with van der Waals surface area (Å²) in [5.41, 5.74) is 2.13. The third kappa shape index (κ3) is 5.43. The lowest BCUT2D eigenvalue weighted by Gasteiger charge is -2.21. The van der Waals surface area contributed by atoms with Gasteiger partial charge in [-0.05, 0) is 55.0 Å². The zero-order valence-electron chi connectivity index (χ0n) is 20.5. The molecule has 0 saturated heterocycles. The van der Waals surface area contributed by atoms with Crippen molar-refractivity contribution in [1.29, 1.82) is 0 Å². The fourth-order valence-corrected chi connectivity index (χ4v) is 6.34. The molecule has 4 aromatic rings. The summed E-state index contributed by atoms with van der Waals surface area (Å²) in [6.45, 7) is 7.19. The molecule has 0 saturated carbocycles. The van der Waals surface area contributed by atoms with Gasteiger partial charge >= 0.3 is 0 Å². The maximum atomic E-state index is 13.7. The second-order valence-corrected chi connectivity index (χ2v) is 11.0. The van der Waals surface area contributed by atoms with E-state index in [1.165, 1.54) is 27.8 Å². The van der Waals surface area contributed by atoms with E-state index in [-0.39, 0.29) is 10.8 Å². The second-order valence-electron chi connectivity index (χ2n) is 8.05. The van der Waals surface area contributed by atoms with Crippen LogP contribution >= 0.6 is 11.3 Å². The summed E-state index contributed by atoms with van der Waals surface area (Å²) in [4.78, 5) is 20.2. The maximum Gasteiger partial charge on any atom is 0.260 e. The van der Waals surface area contributed by atoms with Crippen LogP contribution in [0, 0.1) is 0 Å². The number of thiazole rings is 1. The normalized spacial score (nSPS) is 11.7. The van der Waals surface area contributed by atoms with Crippen LogP contribution in [0.3, 0.4) is 0 Å². The van der Waals surface area contributed by atoms with Gasteiger partial charge in [-0.1, -0.05) is 55.5 Å². The Bertz CT molecular complexity index is 1430. The van der Waals surface area contributed by atoms with Crippen LogP contribution in [0.15, 0.2) is 77.7 Å². The summed E-state index contributed by atoms with van der Waals surface area (Å²) in [5, 5.41) is 0.562. The topological polar surface area (TPSA) is 79.8 Å². The minimum atomic E-state index is -3.60. The predicted molar refractivity (Wildman–Crippen MR) is 144 cm³/mol. The van der Waals surface area contributed by atoms with Crippen LogP contribution < -0.4 is 9.64 Å². The number of nitrogens with zero attached hydrogens (tertiary/aromatic N) is 3. The third-order valence-electron chi connectivity index (χ3n) is 5.76. The average Bonchev–Trinajstić information content (AvgIpc) is 3.31. The lowest BCUT2D eigenvalue weighted by Crippen LogP contribution is -2.31. The van der Waals surface area contributed by atoms with Crippen molar-refractivity contribution in [2.45, 2.75) is 32.2 Å². The second kappa shape index (κ2) is 11.2. The number of aromatic nitrogens is 1. The average molecular weight is 524 g/mol. The van der Waals surface area contributed by atoms with Crippen LogP contribution in [0.1, 0.15) is 36.7 Å². The number of sulfonamides is 1. The quantitative estimate of drug-likeness (QED) is 0.271. The van der Waals surface area contributed by atoms with Gasteiger partial charge < -0.3 is 4.74 Å². The minimum Gasteiger partial charge on any atom is -0.494 e. The van der Waals surface area contributed by atoms with E-state index in [0.29, 0.717) is 36.9 Å². The number of carbonyl (C=O) groups excluding carboxylic acids is 1. The molecule has 0 aliphatic rings. The van der Waals surface area contributed by atoms with Crippen molar-refractivity contribution in [1.82, 2.24) is 9.29 Å². The molecule has 0 bridgehead atoms. The van der Waals surface area contributed by atoms with Crippen LogP contribution in [0.25, 0.3) is 10.2 Å². The minimum absolute atomic E-state index is 0.167. The molecule has 0 unspecified atom stereocenters. The molecule has 0 radical (unpaired) electrons. The number of hydrogen-bond acceptors (Lipinski definition) is 6. The van der Waals surface area contributed by atoms with Gasteiger partial charge in [0.1, 0.15) is 5.75 Å². The molecule has 4 rings (SSSR count). The molecule has 0 atom stereocenters. The van der Waals surface area contributed by atoms with Crippen LogP contribution in [0.5, 0.6) is 5.75 Å². The van der Waals surface area contributed by atoms with Crippen LogP contribution in [0.4, 0.5) is 5.13 Å². The summed E-state index contributed by atoms with van der Waals surface area (Å²) in [6, 6.07) is 21.5. The highest BCUT2D eigenvalue weighted by molar-refractivity contribution is 7.89. The van der Waals surface area contributed by atoms with E-state index >= 15 is 0 Å². The van der Waals surface area contributed by atoms with E-state index in [4.69, 9.17) is 9.72 Å². The van der Waals surface area contributed by atoms with Crippen LogP contribution in [0.2, 0.25) is 0 Å². The number of ether oxygens (including phenoxy) is 1. The molecule has 9 heteroatoms. The fraction of sp³-hybridized carbons (Fsp3) is 0.259. The number of carbonyl (C=O) groups is 1. The smallest absolute Gasteiger partial charge is 0.260 e. The zero-order valence-corrected chi connectivity index (χ0v) is 22.2. The van der Waals surface area contributed by atoms with E-state index in [2.05, 4.69) is 0 Å². The first kappa shape index (κ1) is 25.8. The molecule has 0 N–H and O–H groups in total. The Kier molecular flexibility index (Phi) is 8.03. The third-order valence-corrected chi connectivity index (χ3v) is 8.87. The molecule has 0 aliphatic heterocycles. The first-order valence-electron chi connectivity index (χ1n) is 11.9. The number of fused-ring (bicyclic) bond motifs is 1. The first-order chi connectivity index (χ1) is 17.4. The fourth-order valence-electron chi connectivity index (χ4n) is 3.89. The number of rotatable bonds is 10. The van der Waals surface area contributed by atoms with Gasteiger partial charge in [-0.25, -0.2) is 13.4 Å². The summed E-state index contributed by atoms with van der Waals surface area (Å²) >= 11 is 1.42. The first-order valence-corrected chi connectivity index (χ1v) is 14.1. The Labute approximate surface area is 216 Å². The molecule has 36 heavy (non-hydrogen) atoms. The molecular formula is C27H29N3O4S2. The monoisotopic (exact) mass is 523 g/mol. The van der Waals surface area contributed by atoms with Gasteiger partial charge in [0.25, 0.3) is 5.91 Å². The van der Waals surface area contributed by atoms with Gasteiger partial charge in [0.15, 0.2) is 5.13 Å². The lowest BCUT2D eigenvalue weighted by atomic mass is 10.1. The number of benzene rings is 3. The van der Waals surface area contributed by atoms with Gasteiger partial charge in [-0.15, -0.1) is 0 Å². The zero-order chi connectivity index (χ0) is 25.7. The Morgan fingerprint density at radius 3 is 2.28 bits per heavy atom. The van der Waals surface area contributed by atoms with Crippen LogP contribution in [-0.2, 0) is 16.6 Å². The van der Waals surface area contributed by atoms with Crippen molar-refractivity contribution >= 4 is 42.6 Å². The molecular weight excluding hydrogens is 494 g/mol. The Balaban J connectivity index is 1.70. The van der Waals surface area contributed by atoms with Crippen molar-refractivity contribution in [2.24, 2.45) is 0 Å². The maximum absolute atomic E-state index is 13.7. The molecule has 3 aromatic carbocycles. The molecule has 188 valence electrons. The SMILES string of the molecule is CCOc1ccc2nc(N(Cc3ccccc3)C(=O)c3ccc(S(=O)(=O)N(CC)CC)cc3)sc2c1. The molecule has 1 amide bonds. The van der Waals surface area contributed by atoms with Crippen LogP contribution in [-0.4, -0.2) is 43.3 Å². The summed E-state index contributed by atoms with van der Waals surface area (Å²) in [5.74, 6) is 0.501. The van der Waals surface area contributed by atoms with E-state index in [1.54, 1.807) is 30.9 Å². The van der Waals surface area contributed by atoms with E-state index in [9.17, 15) is 13.2 Å². The molecule has 1 aromatic heterocycles. The Morgan fingerprint density at radius 1 is 0.944 bits per heavy atom. The van der Waals surface area contributed by atoms with Crippen molar-refractivity contribution in [2.75, 3.05) is 24.6 Å². The number of anilines is 1. The number of amides is 1. The molecule has 7 nitrogen and oxygen atoms in total. The highest BCUT2D eigenvalue weighted by Crippen LogP contribution is 2.33. The van der Waals surface area contributed by atoms with Crippen molar-refractivity contribution in [3.05, 3.63) is 83.9 Å². The molecule has 1 heterocycles. The molecule has 0 spiro atoms. The van der Waals surface area contributed by atoms with Gasteiger partial charge in [-0.3, -0.25) is 9.69 Å². The predicted octanol–water partition coefficient (Wildman–Crippen LogP) is 5.57. The van der Waals surface area contributed by atoms with Gasteiger partial charge in [0.2, 0.25) is 10.0 Å². The Morgan fingerprint density at radius 2 is 1.64 bits per heavy atom. The number of hydrogen-bond donors (Lipinski definition) is 0. The van der Waals surface area contributed by atoms with Crippen molar-refractivity contribution in [3.8, 4) is 5.75 Å². The van der Waals surface area contributed by atoms with E-state index in [1.807, 2.05) is 55.5 Å². The van der Waals surface area contributed by atoms with E-state index < -0.39 is 10.0 Å². The van der Waals surface area contributed by atoms with E-state index in [0.717, 1.165) is 21.5 Å². The summed E-state index contributed by atoms with van der Waals surface area (Å²) < 4.78 is 33.6. The van der Waals surface area contributed by atoms with Gasteiger partial charge in [0.05, 0.1) is 28.3 Å². The standard InChI is InChI=1S/C27H29N3O4S2/c1-4-29(5-2)36(32,33)23-15-12-21(13-16-23)26(31)30(19-20-10-8-7-9-11-20)27-28-24-17-14-22(34-6-3)18-25(24)35-27/h7-18H,4-6,19H2,1-3H3. The Hall–Kier alpha value is -3.27. The lowest BCUT2D eigenvalue weighted by molar-refractivity contribution is 0.0985. The summed E-state index contributed by atoms with van der Waals surface area (Å²) in [6.07, 6.45) is 0. The highest BCUT2D eigenvalue weighted by atomic mass is 32.2. The molecule has 0 fully saturated rings. The van der Waals surface area contributed by atoms with Crippen molar-refractivity contribution < 1.29 is 17.9 Å². The molecule has 0 aliphatic carbocycles.